The van der Waals surface area contributed by atoms with Crippen LogP contribution in [0.3, 0.4) is 0 Å². The quantitative estimate of drug-likeness (QED) is 0.636. The molecule has 6 heteroatoms. The van der Waals surface area contributed by atoms with Crippen molar-refractivity contribution in [2.45, 2.75) is 26.2 Å². The first-order valence-corrected chi connectivity index (χ1v) is 7.96. The minimum absolute atomic E-state index is 0.161. The molecule has 5 nitrogen and oxygen atoms in total. The molecule has 2 aromatic rings. The van der Waals surface area contributed by atoms with E-state index >= 15 is 0 Å². The van der Waals surface area contributed by atoms with Gasteiger partial charge < -0.3 is 20.0 Å². The molecule has 2 aromatic carbocycles. The molecule has 0 saturated heterocycles. The second-order valence-corrected chi connectivity index (χ2v) is 6.02. The average molecular weight is 324 g/mol. The van der Waals surface area contributed by atoms with E-state index in [0.29, 0.717) is 5.75 Å². The fraction of sp³-hybridized carbons (Fsp3) is 0.250. The highest BCUT2D eigenvalue weighted by Crippen LogP contribution is 2.34. The molecule has 4 N–H and O–H groups in total. The van der Waals surface area contributed by atoms with Crippen LogP contribution >= 0.6 is 8.25 Å². The van der Waals surface area contributed by atoms with Crippen LogP contribution in [0.4, 0.5) is 0 Å². The molecule has 0 spiro atoms. The molecule has 0 heterocycles. The fourth-order valence-electron chi connectivity index (χ4n) is 2.09. The summed E-state index contributed by atoms with van der Waals surface area (Å²) in [5.41, 5.74) is 2.99. The smallest absolute Gasteiger partial charge is 0.314 e. The maximum absolute atomic E-state index is 9.58. The Hall–Kier alpha value is -1.81. The largest absolute Gasteiger partial charge is 0.508 e. The first-order chi connectivity index (χ1) is 10.1. The van der Waals surface area contributed by atoms with E-state index < -0.39 is 8.25 Å². The van der Waals surface area contributed by atoms with Gasteiger partial charge in [0, 0.05) is 5.41 Å². The topological polar surface area (TPSA) is 98.0 Å². The Labute approximate surface area is 130 Å². The SMILES string of the molecule is Cc1cc(C(C)(C)c2ccc(O)cc2)ccc1O.O=[PH](O)O. The zero-order valence-electron chi connectivity index (χ0n) is 12.7. The van der Waals surface area contributed by atoms with Crippen molar-refractivity contribution >= 4 is 8.25 Å². The van der Waals surface area contributed by atoms with E-state index in [1.54, 1.807) is 18.2 Å². The average Bonchev–Trinajstić information content (AvgIpc) is 2.41. The molecular formula is C16H21O5P. The third-order valence-corrected chi connectivity index (χ3v) is 3.51. The van der Waals surface area contributed by atoms with Crippen LogP contribution in [-0.2, 0) is 9.98 Å². The summed E-state index contributed by atoms with van der Waals surface area (Å²) in [6.07, 6.45) is 0. The number of phenolic OH excluding ortho intramolecular Hbond substituents is 2. The molecule has 120 valence electrons. The Morgan fingerprint density at radius 3 is 1.82 bits per heavy atom. The summed E-state index contributed by atoms with van der Waals surface area (Å²) in [4.78, 5) is 14.3. The first kappa shape index (κ1) is 18.2. The van der Waals surface area contributed by atoms with Gasteiger partial charge in [0.1, 0.15) is 11.5 Å². The molecule has 0 bridgehead atoms. The van der Waals surface area contributed by atoms with Gasteiger partial charge in [0.05, 0.1) is 0 Å². The predicted octanol–water partition coefficient (Wildman–Crippen LogP) is 3.09. The normalized spacial score (nSPS) is 11.0. The second kappa shape index (κ2) is 7.45. The Bertz CT molecular complexity index is 646. The van der Waals surface area contributed by atoms with Crippen LogP contribution in [0.25, 0.3) is 0 Å². The van der Waals surface area contributed by atoms with Gasteiger partial charge in [-0.2, -0.15) is 0 Å². The number of hydrogen-bond acceptors (Lipinski definition) is 3. The van der Waals surface area contributed by atoms with Crippen molar-refractivity contribution < 1.29 is 24.6 Å². The number of benzene rings is 2. The van der Waals surface area contributed by atoms with E-state index in [1.807, 2.05) is 31.2 Å². The van der Waals surface area contributed by atoms with Gasteiger partial charge in [-0.25, -0.2) is 0 Å². The van der Waals surface area contributed by atoms with E-state index in [0.717, 1.165) is 16.7 Å². The number of aryl methyl sites for hydroxylation is 1. The van der Waals surface area contributed by atoms with Gasteiger partial charge in [-0.3, -0.25) is 4.57 Å². The summed E-state index contributed by atoms with van der Waals surface area (Å²) in [6.45, 7) is 6.15. The minimum Gasteiger partial charge on any atom is -0.508 e. The van der Waals surface area contributed by atoms with Gasteiger partial charge in [-0.1, -0.05) is 38.1 Å². The molecule has 22 heavy (non-hydrogen) atoms. The van der Waals surface area contributed by atoms with E-state index in [1.165, 1.54) is 0 Å². The summed E-state index contributed by atoms with van der Waals surface area (Å²) in [7, 11) is -3.13. The lowest BCUT2D eigenvalue weighted by atomic mass is 9.77. The summed E-state index contributed by atoms with van der Waals surface area (Å²) >= 11 is 0. The van der Waals surface area contributed by atoms with Gasteiger partial charge in [-0.15, -0.1) is 0 Å². The van der Waals surface area contributed by atoms with Crippen molar-refractivity contribution in [2.24, 2.45) is 0 Å². The minimum atomic E-state index is -3.13. The van der Waals surface area contributed by atoms with Gasteiger partial charge in [0.15, 0.2) is 0 Å². The highest BCUT2D eigenvalue weighted by atomic mass is 31.1. The van der Waals surface area contributed by atoms with Gasteiger partial charge >= 0.3 is 8.25 Å². The molecule has 0 aliphatic heterocycles. The number of phenols is 2. The molecule has 0 saturated carbocycles. The Kier molecular flexibility index (Phi) is 6.18. The third kappa shape index (κ3) is 4.88. The van der Waals surface area contributed by atoms with E-state index in [4.69, 9.17) is 14.4 Å². The van der Waals surface area contributed by atoms with E-state index in [-0.39, 0.29) is 11.2 Å². The Morgan fingerprint density at radius 2 is 1.36 bits per heavy atom. The Balaban J connectivity index is 0.000000541. The fourth-order valence-corrected chi connectivity index (χ4v) is 2.09. The van der Waals surface area contributed by atoms with Crippen LogP contribution in [0.2, 0.25) is 0 Å². The molecule has 0 fully saturated rings. The molecule has 0 aromatic heterocycles. The lowest BCUT2D eigenvalue weighted by molar-refractivity contribution is 0.405. The lowest BCUT2D eigenvalue weighted by Gasteiger charge is -2.26. The zero-order chi connectivity index (χ0) is 16.9. The van der Waals surface area contributed by atoms with Crippen molar-refractivity contribution in [3.05, 3.63) is 59.2 Å². The number of rotatable bonds is 2. The summed E-state index contributed by atoms with van der Waals surface area (Å²) in [5, 5.41) is 18.9. The zero-order valence-corrected chi connectivity index (χ0v) is 13.7. The van der Waals surface area contributed by atoms with Crippen molar-refractivity contribution in [2.75, 3.05) is 0 Å². The summed E-state index contributed by atoms with van der Waals surface area (Å²) in [5.74, 6) is 0.594. The summed E-state index contributed by atoms with van der Waals surface area (Å²) in [6, 6.07) is 12.9. The van der Waals surface area contributed by atoms with Crippen LogP contribution < -0.4 is 0 Å². The monoisotopic (exact) mass is 324 g/mol. The van der Waals surface area contributed by atoms with Crippen molar-refractivity contribution in [3.8, 4) is 11.5 Å². The van der Waals surface area contributed by atoms with Crippen molar-refractivity contribution in [3.63, 3.8) is 0 Å². The predicted molar refractivity (Wildman–Crippen MR) is 86.5 cm³/mol. The third-order valence-electron chi connectivity index (χ3n) is 3.51. The molecule has 0 unspecified atom stereocenters. The van der Waals surface area contributed by atoms with Crippen LogP contribution in [0.5, 0.6) is 11.5 Å². The van der Waals surface area contributed by atoms with Crippen LogP contribution in [0.15, 0.2) is 42.5 Å². The van der Waals surface area contributed by atoms with Crippen LogP contribution in [0, 0.1) is 6.92 Å². The maximum atomic E-state index is 9.58. The molecule has 0 atom stereocenters. The Morgan fingerprint density at radius 1 is 0.909 bits per heavy atom. The number of hydrogen-bond donors (Lipinski definition) is 4. The highest BCUT2D eigenvalue weighted by Gasteiger charge is 2.23. The van der Waals surface area contributed by atoms with Gasteiger partial charge in [0.2, 0.25) is 0 Å². The van der Waals surface area contributed by atoms with Crippen molar-refractivity contribution in [1.82, 2.24) is 0 Å². The molecule has 0 amide bonds. The highest BCUT2D eigenvalue weighted by molar-refractivity contribution is 7.30. The molecule has 0 radical (unpaired) electrons. The van der Waals surface area contributed by atoms with Gasteiger partial charge in [0.25, 0.3) is 0 Å². The van der Waals surface area contributed by atoms with Crippen molar-refractivity contribution in [1.29, 1.82) is 0 Å². The van der Waals surface area contributed by atoms with Crippen LogP contribution in [0.1, 0.15) is 30.5 Å². The molecule has 2 rings (SSSR count). The van der Waals surface area contributed by atoms with Gasteiger partial charge in [-0.05, 0) is 41.8 Å². The molecular weight excluding hydrogens is 303 g/mol. The standard InChI is InChI=1S/C16H18O2.H3O3P/c1-11-10-13(6-9-15(11)18)16(2,3)12-4-7-14(17)8-5-12;1-4(2)3/h4-10,17-18H,1-3H3;4H,(H2,1,2,3). The van der Waals surface area contributed by atoms with Crippen LogP contribution in [-0.4, -0.2) is 20.0 Å². The maximum Gasteiger partial charge on any atom is 0.314 e. The van der Waals surface area contributed by atoms with E-state index in [9.17, 15) is 10.2 Å². The summed E-state index contributed by atoms with van der Waals surface area (Å²) < 4.78 is 8.74. The molecule has 0 aliphatic rings. The second-order valence-electron chi connectivity index (χ2n) is 5.46. The van der Waals surface area contributed by atoms with E-state index in [2.05, 4.69) is 13.8 Å². The first-order valence-electron chi connectivity index (χ1n) is 6.66. The lowest BCUT2D eigenvalue weighted by Crippen LogP contribution is -2.18. The molecule has 0 aliphatic carbocycles. The number of aromatic hydroxyl groups is 2.